The monoisotopic (exact) mass is 214 g/mol. The average molecular weight is 214 g/mol. The molecular weight excluding hydrogens is 203 g/mol. The molecule has 0 amide bonds. The fourth-order valence-corrected chi connectivity index (χ4v) is 1.53. The standard InChI is InChI=1S/C9H11O4P/c1-2-9(13-14(10,11)12)8-6-4-3-5-7-8/h2-7,9H,1H2,(H2,10,11,12). The van der Waals surface area contributed by atoms with Gasteiger partial charge < -0.3 is 9.79 Å². The van der Waals surface area contributed by atoms with Crippen LogP contribution in [-0.2, 0) is 9.09 Å². The molecule has 0 fully saturated rings. The van der Waals surface area contributed by atoms with Crippen LogP contribution < -0.4 is 0 Å². The molecule has 1 rings (SSSR count). The molecule has 14 heavy (non-hydrogen) atoms. The summed E-state index contributed by atoms with van der Waals surface area (Å²) < 4.78 is 15.1. The van der Waals surface area contributed by atoms with Gasteiger partial charge in [0.15, 0.2) is 0 Å². The highest BCUT2D eigenvalue weighted by Gasteiger charge is 2.20. The predicted molar refractivity (Wildman–Crippen MR) is 52.5 cm³/mol. The fraction of sp³-hybridized carbons (Fsp3) is 0.111. The summed E-state index contributed by atoms with van der Waals surface area (Å²) in [7, 11) is -4.48. The molecule has 0 aromatic heterocycles. The molecule has 76 valence electrons. The summed E-state index contributed by atoms with van der Waals surface area (Å²) in [5.41, 5.74) is 0.658. The molecule has 0 aliphatic carbocycles. The van der Waals surface area contributed by atoms with Crippen molar-refractivity contribution in [2.24, 2.45) is 0 Å². The molecule has 2 N–H and O–H groups in total. The van der Waals surface area contributed by atoms with Crippen molar-refractivity contribution < 1.29 is 18.9 Å². The number of hydrogen-bond acceptors (Lipinski definition) is 2. The van der Waals surface area contributed by atoms with E-state index in [-0.39, 0.29) is 0 Å². The van der Waals surface area contributed by atoms with E-state index < -0.39 is 13.9 Å². The van der Waals surface area contributed by atoms with Crippen LogP contribution in [0, 0.1) is 0 Å². The van der Waals surface area contributed by atoms with Crippen molar-refractivity contribution in [1.29, 1.82) is 0 Å². The minimum Gasteiger partial charge on any atom is -0.303 e. The van der Waals surface area contributed by atoms with Crippen LogP contribution in [0.25, 0.3) is 0 Å². The third kappa shape index (κ3) is 3.44. The Kier molecular flexibility index (Phi) is 3.61. The molecule has 4 nitrogen and oxygen atoms in total. The van der Waals surface area contributed by atoms with Crippen LogP contribution in [0.15, 0.2) is 43.0 Å². The fourth-order valence-electron chi connectivity index (χ4n) is 1.03. The second-order valence-corrected chi connectivity index (χ2v) is 3.85. The Bertz CT molecular complexity index is 343. The van der Waals surface area contributed by atoms with E-state index in [0.29, 0.717) is 5.56 Å². The van der Waals surface area contributed by atoms with E-state index in [2.05, 4.69) is 11.1 Å². The van der Waals surface area contributed by atoms with Crippen LogP contribution in [0.3, 0.4) is 0 Å². The number of hydrogen-bond donors (Lipinski definition) is 2. The van der Waals surface area contributed by atoms with Crippen LogP contribution in [0.2, 0.25) is 0 Å². The Morgan fingerprint density at radius 3 is 2.36 bits per heavy atom. The molecule has 1 aromatic rings. The second-order valence-electron chi connectivity index (χ2n) is 2.66. The Labute approximate surface area is 82.1 Å². The van der Waals surface area contributed by atoms with Crippen LogP contribution in [0.5, 0.6) is 0 Å². The van der Waals surface area contributed by atoms with E-state index in [1.807, 2.05) is 0 Å². The summed E-state index contributed by atoms with van der Waals surface area (Å²) in [5, 5.41) is 0. The predicted octanol–water partition coefficient (Wildman–Crippen LogP) is 2.02. The minimum absolute atomic E-state index is 0.658. The third-order valence-corrected chi connectivity index (χ3v) is 2.09. The average Bonchev–Trinajstić information content (AvgIpc) is 2.14. The van der Waals surface area contributed by atoms with Gasteiger partial charge >= 0.3 is 7.82 Å². The zero-order valence-electron chi connectivity index (χ0n) is 7.41. The highest BCUT2D eigenvalue weighted by molar-refractivity contribution is 7.46. The third-order valence-electron chi connectivity index (χ3n) is 1.59. The van der Waals surface area contributed by atoms with Crippen LogP contribution in [-0.4, -0.2) is 9.79 Å². The quantitative estimate of drug-likeness (QED) is 0.594. The van der Waals surface area contributed by atoms with Gasteiger partial charge in [-0.05, 0) is 5.56 Å². The SMILES string of the molecule is C=CC(OP(=O)(O)O)c1ccccc1. The van der Waals surface area contributed by atoms with Gasteiger partial charge in [-0.25, -0.2) is 4.57 Å². The lowest BCUT2D eigenvalue weighted by Crippen LogP contribution is -1.98. The molecular formula is C9H11O4P. The van der Waals surface area contributed by atoms with Crippen molar-refractivity contribution in [3.05, 3.63) is 48.6 Å². The highest BCUT2D eigenvalue weighted by Crippen LogP contribution is 2.42. The maximum atomic E-state index is 10.6. The largest absolute Gasteiger partial charge is 0.470 e. The van der Waals surface area contributed by atoms with Crippen LogP contribution in [0.4, 0.5) is 0 Å². The highest BCUT2D eigenvalue weighted by atomic mass is 31.2. The minimum atomic E-state index is -4.48. The molecule has 0 bridgehead atoms. The summed E-state index contributed by atoms with van der Waals surface area (Å²) in [6, 6.07) is 8.74. The normalized spacial score (nSPS) is 13.6. The van der Waals surface area contributed by atoms with Gasteiger partial charge in [-0.3, -0.25) is 4.52 Å². The molecule has 0 aliphatic rings. The van der Waals surface area contributed by atoms with Crippen LogP contribution in [0.1, 0.15) is 11.7 Å². The van der Waals surface area contributed by atoms with E-state index >= 15 is 0 Å². The summed E-state index contributed by atoms with van der Waals surface area (Å²) in [4.78, 5) is 17.2. The van der Waals surface area contributed by atoms with Gasteiger partial charge in [-0.15, -0.1) is 6.58 Å². The van der Waals surface area contributed by atoms with Crippen molar-refractivity contribution in [1.82, 2.24) is 0 Å². The molecule has 0 aliphatic heterocycles. The summed E-state index contributed by atoms with van der Waals surface area (Å²) in [6.45, 7) is 3.45. The smallest absolute Gasteiger partial charge is 0.303 e. The molecule has 0 saturated heterocycles. The van der Waals surface area contributed by atoms with Gasteiger partial charge in [0, 0.05) is 0 Å². The van der Waals surface area contributed by atoms with Crippen molar-refractivity contribution >= 4 is 7.82 Å². The topological polar surface area (TPSA) is 66.8 Å². The Morgan fingerprint density at radius 2 is 1.93 bits per heavy atom. The van der Waals surface area contributed by atoms with Gasteiger partial charge in [0.1, 0.15) is 6.10 Å². The first kappa shape index (κ1) is 11.1. The van der Waals surface area contributed by atoms with E-state index in [9.17, 15) is 4.57 Å². The van der Waals surface area contributed by atoms with Gasteiger partial charge in [0.05, 0.1) is 0 Å². The van der Waals surface area contributed by atoms with Crippen molar-refractivity contribution in [3.63, 3.8) is 0 Å². The molecule has 0 saturated carbocycles. The molecule has 1 aromatic carbocycles. The first-order valence-electron chi connectivity index (χ1n) is 3.94. The Morgan fingerprint density at radius 1 is 1.36 bits per heavy atom. The lowest BCUT2D eigenvalue weighted by atomic mass is 10.1. The van der Waals surface area contributed by atoms with Gasteiger partial charge in [0.25, 0.3) is 0 Å². The lowest BCUT2D eigenvalue weighted by Gasteiger charge is -2.14. The first-order valence-corrected chi connectivity index (χ1v) is 5.47. The van der Waals surface area contributed by atoms with E-state index in [0.717, 1.165) is 0 Å². The maximum absolute atomic E-state index is 10.6. The van der Waals surface area contributed by atoms with Crippen LogP contribution >= 0.6 is 7.82 Å². The number of rotatable bonds is 4. The zero-order chi connectivity index (χ0) is 10.6. The van der Waals surface area contributed by atoms with Crippen molar-refractivity contribution in [3.8, 4) is 0 Å². The summed E-state index contributed by atoms with van der Waals surface area (Å²) >= 11 is 0. The molecule has 0 spiro atoms. The van der Waals surface area contributed by atoms with E-state index in [1.54, 1.807) is 30.3 Å². The second kappa shape index (κ2) is 4.53. The maximum Gasteiger partial charge on any atom is 0.470 e. The van der Waals surface area contributed by atoms with E-state index in [1.165, 1.54) is 6.08 Å². The summed E-state index contributed by atoms with van der Waals surface area (Å²) in [5.74, 6) is 0. The van der Waals surface area contributed by atoms with Crippen molar-refractivity contribution in [2.45, 2.75) is 6.10 Å². The van der Waals surface area contributed by atoms with Crippen molar-refractivity contribution in [2.75, 3.05) is 0 Å². The molecule has 0 heterocycles. The lowest BCUT2D eigenvalue weighted by molar-refractivity contribution is 0.162. The Balaban J connectivity index is 2.84. The van der Waals surface area contributed by atoms with E-state index in [4.69, 9.17) is 9.79 Å². The zero-order valence-corrected chi connectivity index (χ0v) is 8.30. The van der Waals surface area contributed by atoms with Gasteiger partial charge in [-0.2, -0.15) is 0 Å². The first-order chi connectivity index (χ1) is 6.53. The number of benzene rings is 1. The summed E-state index contributed by atoms with van der Waals surface area (Å²) in [6.07, 6.45) is 0.561. The number of phosphoric acid groups is 1. The van der Waals surface area contributed by atoms with Gasteiger partial charge in [0.2, 0.25) is 0 Å². The molecule has 0 radical (unpaired) electrons. The molecule has 5 heteroatoms. The van der Waals surface area contributed by atoms with Gasteiger partial charge in [-0.1, -0.05) is 36.4 Å². The molecule has 1 atom stereocenters. The Hall–Kier alpha value is -0.930. The molecule has 1 unspecified atom stereocenters. The number of phosphoric ester groups is 1.